The molecule has 0 aliphatic heterocycles. The molecule has 0 saturated carbocycles. The minimum absolute atomic E-state index is 0.203. The lowest BCUT2D eigenvalue weighted by atomic mass is 10.0. The molecule has 1 unspecified atom stereocenters. The molecule has 1 N–H and O–H groups in total. The Labute approximate surface area is 122 Å². The molecule has 1 aromatic heterocycles. The van der Waals surface area contributed by atoms with Crippen molar-refractivity contribution in [2.75, 3.05) is 7.05 Å². The van der Waals surface area contributed by atoms with Crippen LogP contribution in [0, 0.1) is 3.57 Å². The Balaban J connectivity index is 2.36. The van der Waals surface area contributed by atoms with E-state index >= 15 is 0 Å². The van der Waals surface area contributed by atoms with Crippen LogP contribution in [-0.4, -0.2) is 16.8 Å². The van der Waals surface area contributed by atoms with Crippen LogP contribution in [0.15, 0.2) is 36.5 Å². The molecule has 0 radical (unpaired) electrons. The molecule has 0 amide bonds. The number of rotatable bonds is 5. The van der Waals surface area contributed by atoms with Gasteiger partial charge in [0.15, 0.2) is 0 Å². The Kier molecular flexibility index (Phi) is 4.77. The molecule has 1 aromatic carbocycles. The van der Waals surface area contributed by atoms with Crippen LogP contribution in [0.4, 0.5) is 0 Å². The molecule has 1 atom stereocenters. The zero-order valence-electron chi connectivity index (χ0n) is 10.7. The summed E-state index contributed by atoms with van der Waals surface area (Å²) in [7, 11) is 1.99. The monoisotopic (exact) mass is 355 g/mol. The maximum absolute atomic E-state index is 4.40. The third-order valence-corrected chi connectivity index (χ3v) is 3.62. The Morgan fingerprint density at radius 3 is 2.89 bits per heavy atom. The lowest BCUT2D eigenvalue weighted by Crippen LogP contribution is -2.21. The topological polar surface area (TPSA) is 29.9 Å². The maximum Gasteiger partial charge on any atom is 0.0746 e. The fraction of sp³-hybridized carbons (Fsp3) is 0.357. The van der Waals surface area contributed by atoms with Crippen LogP contribution in [0.3, 0.4) is 0 Å². The quantitative estimate of drug-likeness (QED) is 0.835. The van der Waals surface area contributed by atoms with Crippen LogP contribution in [0.5, 0.6) is 0 Å². The summed E-state index contributed by atoms with van der Waals surface area (Å²) in [4.78, 5) is 0. The van der Waals surface area contributed by atoms with Crippen molar-refractivity contribution in [3.8, 4) is 0 Å². The van der Waals surface area contributed by atoms with Gasteiger partial charge >= 0.3 is 0 Å². The number of nitrogens with zero attached hydrogens (tertiary/aromatic N) is 2. The minimum atomic E-state index is 0.203. The molecular weight excluding hydrogens is 337 g/mol. The number of hydrogen-bond acceptors (Lipinski definition) is 2. The zero-order valence-corrected chi connectivity index (χ0v) is 12.9. The summed E-state index contributed by atoms with van der Waals surface area (Å²) in [5, 5.41) is 7.78. The number of nitrogens with one attached hydrogen (secondary N) is 1. The van der Waals surface area contributed by atoms with Gasteiger partial charge in [-0.15, -0.1) is 0 Å². The van der Waals surface area contributed by atoms with E-state index in [1.807, 2.05) is 13.2 Å². The van der Waals surface area contributed by atoms with Crippen molar-refractivity contribution in [1.82, 2.24) is 15.1 Å². The van der Waals surface area contributed by atoms with E-state index in [0.717, 1.165) is 13.0 Å². The van der Waals surface area contributed by atoms with Crippen molar-refractivity contribution in [3.63, 3.8) is 0 Å². The summed E-state index contributed by atoms with van der Waals surface area (Å²) in [5.74, 6) is 0. The van der Waals surface area contributed by atoms with Crippen molar-refractivity contribution in [3.05, 3.63) is 51.4 Å². The highest BCUT2D eigenvalue weighted by atomic mass is 127. The molecule has 0 aliphatic rings. The van der Waals surface area contributed by atoms with Gasteiger partial charge < -0.3 is 5.32 Å². The normalized spacial score (nSPS) is 12.6. The fourth-order valence-electron chi connectivity index (χ4n) is 2.16. The zero-order chi connectivity index (χ0) is 13.0. The van der Waals surface area contributed by atoms with Crippen molar-refractivity contribution in [1.29, 1.82) is 0 Å². The first-order chi connectivity index (χ1) is 8.76. The summed E-state index contributed by atoms with van der Waals surface area (Å²) in [5.41, 5.74) is 2.50. The van der Waals surface area contributed by atoms with Gasteiger partial charge in [0.05, 0.1) is 11.7 Å². The molecule has 18 heavy (non-hydrogen) atoms. The molecule has 4 heteroatoms. The Bertz CT molecular complexity index is 507. The summed E-state index contributed by atoms with van der Waals surface area (Å²) in [6.45, 7) is 3.13. The van der Waals surface area contributed by atoms with E-state index < -0.39 is 0 Å². The van der Waals surface area contributed by atoms with Gasteiger partial charge in [-0.3, -0.25) is 4.68 Å². The second kappa shape index (κ2) is 6.33. The second-order valence-corrected chi connectivity index (χ2v) is 5.50. The van der Waals surface area contributed by atoms with Gasteiger partial charge in [-0.05, 0) is 59.8 Å². The lowest BCUT2D eigenvalue weighted by molar-refractivity contribution is 0.534. The first-order valence-corrected chi connectivity index (χ1v) is 7.28. The van der Waals surface area contributed by atoms with Crippen molar-refractivity contribution in [2.45, 2.75) is 25.9 Å². The third-order valence-electron chi connectivity index (χ3n) is 2.95. The minimum Gasteiger partial charge on any atom is -0.308 e. The van der Waals surface area contributed by atoms with Gasteiger partial charge in [0.2, 0.25) is 0 Å². The molecule has 0 saturated heterocycles. The number of aryl methyl sites for hydroxylation is 1. The van der Waals surface area contributed by atoms with Crippen LogP contribution >= 0.6 is 22.6 Å². The molecular formula is C14H18IN3. The first kappa shape index (κ1) is 13.5. The molecule has 3 nitrogen and oxygen atoms in total. The second-order valence-electron chi connectivity index (χ2n) is 4.26. The van der Waals surface area contributed by atoms with Gasteiger partial charge in [-0.2, -0.15) is 5.10 Å². The smallest absolute Gasteiger partial charge is 0.0746 e. The van der Waals surface area contributed by atoms with Crippen molar-refractivity contribution < 1.29 is 0 Å². The van der Waals surface area contributed by atoms with Gasteiger partial charge in [-0.25, -0.2) is 0 Å². The Morgan fingerprint density at radius 2 is 2.22 bits per heavy atom. The SMILES string of the molecule is CCCn1nccc1C(NC)c1cccc(I)c1. The Morgan fingerprint density at radius 1 is 1.39 bits per heavy atom. The van der Waals surface area contributed by atoms with Crippen molar-refractivity contribution >= 4 is 22.6 Å². The van der Waals surface area contributed by atoms with Crippen LogP contribution in [-0.2, 0) is 6.54 Å². The number of benzene rings is 1. The van der Waals surface area contributed by atoms with Crippen molar-refractivity contribution in [2.24, 2.45) is 0 Å². The predicted octanol–water partition coefficient (Wildman–Crippen LogP) is 3.21. The molecule has 0 spiro atoms. The largest absolute Gasteiger partial charge is 0.308 e. The van der Waals surface area contributed by atoms with E-state index in [1.165, 1.54) is 14.8 Å². The molecule has 2 aromatic rings. The van der Waals surface area contributed by atoms with Gasteiger partial charge in [0.1, 0.15) is 0 Å². The average molecular weight is 355 g/mol. The Hall–Kier alpha value is -0.880. The van der Waals surface area contributed by atoms with E-state index in [1.54, 1.807) is 0 Å². The van der Waals surface area contributed by atoms with Crippen LogP contribution in [0.2, 0.25) is 0 Å². The van der Waals surface area contributed by atoms with E-state index in [-0.39, 0.29) is 6.04 Å². The molecule has 0 aliphatic carbocycles. The highest BCUT2D eigenvalue weighted by molar-refractivity contribution is 14.1. The third kappa shape index (κ3) is 2.92. The maximum atomic E-state index is 4.40. The average Bonchev–Trinajstić information content (AvgIpc) is 2.79. The van der Waals surface area contributed by atoms with Gasteiger partial charge in [0.25, 0.3) is 0 Å². The van der Waals surface area contributed by atoms with Crippen LogP contribution < -0.4 is 5.32 Å². The fourth-order valence-corrected chi connectivity index (χ4v) is 2.73. The molecule has 0 bridgehead atoms. The standard InChI is InChI=1S/C14H18IN3/c1-3-9-18-13(7-8-17-18)14(16-2)11-5-4-6-12(15)10-11/h4-8,10,14,16H,3,9H2,1-2H3. The number of hydrogen-bond donors (Lipinski definition) is 1. The number of halogens is 1. The van der Waals surface area contributed by atoms with E-state index in [2.05, 4.69) is 74.9 Å². The van der Waals surface area contributed by atoms with Gasteiger partial charge in [0, 0.05) is 16.3 Å². The van der Waals surface area contributed by atoms with Crippen LogP contribution in [0.25, 0.3) is 0 Å². The molecule has 1 heterocycles. The van der Waals surface area contributed by atoms with E-state index in [0.29, 0.717) is 0 Å². The van der Waals surface area contributed by atoms with E-state index in [9.17, 15) is 0 Å². The lowest BCUT2D eigenvalue weighted by Gasteiger charge is -2.18. The predicted molar refractivity (Wildman–Crippen MR) is 82.6 cm³/mol. The molecule has 0 fully saturated rings. The highest BCUT2D eigenvalue weighted by Crippen LogP contribution is 2.23. The first-order valence-electron chi connectivity index (χ1n) is 6.20. The van der Waals surface area contributed by atoms with E-state index in [4.69, 9.17) is 0 Å². The molecule has 2 rings (SSSR count). The number of aromatic nitrogens is 2. The summed E-state index contributed by atoms with van der Waals surface area (Å²) >= 11 is 2.35. The summed E-state index contributed by atoms with van der Waals surface area (Å²) in [6.07, 6.45) is 2.97. The van der Waals surface area contributed by atoms with Gasteiger partial charge in [-0.1, -0.05) is 19.1 Å². The van der Waals surface area contributed by atoms with Crippen LogP contribution in [0.1, 0.15) is 30.6 Å². The summed E-state index contributed by atoms with van der Waals surface area (Å²) in [6, 6.07) is 10.9. The summed E-state index contributed by atoms with van der Waals surface area (Å²) < 4.78 is 3.34. The molecule has 96 valence electrons. The highest BCUT2D eigenvalue weighted by Gasteiger charge is 2.16.